The van der Waals surface area contributed by atoms with E-state index in [1.807, 2.05) is 0 Å². The zero-order valence-corrected chi connectivity index (χ0v) is 20.3. The number of fused-ring (bicyclic) bond motifs is 6. The Labute approximate surface area is 184 Å². The molecule has 0 saturated carbocycles. The van der Waals surface area contributed by atoms with E-state index < -0.39 is 0 Å². The minimum absolute atomic E-state index is 0.0122. The van der Waals surface area contributed by atoms with Gasteiger partial charge in [-0.3, -0.25) is 9.97 Å². The monoisotopic (exact) mass is 411 g/mol. The van der Waals surface area contributed by atoms with Crippen molar-refractivity contribution in [3.8, 4) is 0 Å². The van der Waals surface area contributed by atoms with Crippen molar-refractivity contribution in [1.82, 2.24) is 14.4 Å². The van der Waals surface area contributed by atoms with Crippen LogP contribution in [0.15, 0.2) is 36.7 Å². The molecule has 3 nitrogen and oxygen atoms in total. The van der Waals surface area contributed by atoms with Crippen molar-refractivity contribution in [2.45, 2.75) is 78.6 Å². The highest BCUT2D eigenvalue weighted by molar-refractivity contribution is 6.23. The van der Waals surface area contributed by atoms with Crippen molar-refractivity contribution in [2.75, 3.05) is 0 Å². The van der Waals surface area contributed by atoms with Gasteiger partial charge >= 0.3 is 0 Å². The molecule has 1 aromatic carbocycles. The van der Waals surface area contributed by atoms with Crippen molar-refractivity contribution < 1.29 is 0 Å². The molecule has 0 fully saturated rings. The third kappa shape index (κ3) is 2.93. The molecule has 0 spiro atoms. The van der Waals surface area contributed by atoms with E-state index in [9.17, 15) is 0 Å². The van der Waals surface area contributed by atoms with Crippen LogP contribution in [0.3, 0.4) is 0 Å². The first-order chi connectivity index (χ1) is 14.3. The van der Waals surface area contributed by atoms with Crippen LogP contribution < -0.4 is 0 Å². The lowest BCUT2D eigenvalue weighted by atomic mass is 9.85. The third-order valence-corrected chi connectivity index (χ3v) is 6.56. The van der Waals surface area contributed by atoms with Gasteiger partial charge in [0.15, 0.2) is 0 Å². The number of hydrogen-bond acceptors (Lipinski definition) is 2. The van der Waals surface area contributed by atoms with Crippen molar-refractivity contribution in [3.05, 3.63) is 53.6 Å². The zero-order chi connectivity index (χ0) is 22.5. The molecule has 0 radical (unpaired) electrons. The summed E-state index contributed by atoms with van der Waals surface area (Å²) in [6, 6.07) is 9.39. The Morgan fingerprint density at radius 1 is 0.548 bits per heavy atom. The highest BCUT2D eigenvalue weighted by Crippen LogP contribution is 2.42. The SMILES string of the molecule is CC(C)(C)c1cc2c3cc(C(C)(C)C)ncc3n3c4cnc(C(C)(C)C)cc4c(c1)c23. The van der Waals surface area contributed by atoms with Gasteiger partial charge < -0.3 is 4.40 Å². The minimum Gasteiger partial charge on any atom is -0.305 e. The molecule has 0 N–H and O–H groups in total. The predicted molar refractivity (Wildman–Crippen MR) is 133 cm³/mol. The van der Waals surface area contributed by atoms with Crippen LogP contribution in [0.4, 0.5) is 0 Å². The summed E-state index contributed by atoms with van der Waals surface area (Å²) >= 11 is 0. The molecule has 0 amide bonds. The molecule has 0 aliphatic heterocycles. The number of pyridine rings is 2. The Morgan fingerprint density at radius 2 is 0.968 bits per heavy atom. The maximum Gasteiger partial charge on any atom is 0.0725 e. The lowest BCUT2D eigenvalue weighted by Crippen LogP contribution is -2.13. The Morgan fingerprint density at radius 3 is 1.32 bits per heavy atom. The minimum atomic E-state index is 0.0122. The van der Waals surface area contributed by atoms with Crippen LogP contribution in [0.1, 0.15) is 79.3 Å². The molecule has 3 heteroatoms. The van der Waals surface area contributed by atoms with Crippen LogP contribution in [-0.2, 0) is 16.2 Å². The number of nitrogens with zero attached hydrogens (tertiary/aromatic N) is 3. The van der Waals surface area contributed by atoms with Gasteiger partial charge in [0.1, 0.15) is 0 Å². The van der Waals surface area contributed by atoms with Crippen LogP contribution >= 0.6 is 0 Å². The molecule has 0 bridgehead atoms. The molecular formula is C28H33N3. The summed E-state index contributed by atoms with van der Waals surface area (Å²) < 4.78 is 2.38. The molecule has 5 aromatic rings. The second-order valence-corrected chi connectivity index (χ2v) is 12.2. The molecule has 0 aliphatic carbocycles. The number of benzene rings is 1. The topological polar surface area (TPSA) is 30.2 Å². The fraction of sp³-hybridized carbons (Fsp3) is 0.429. The van der Waals surface area contributed by atoms with Gasteiger partial charge in [-0.2, -0.15) is 0 Å². The third-order valence-electron chi connectivity index (χ3n) is 6.56. The van der Waals surface area contributed by atoms with E-state index in [1.54, 1.807) is 0 Å². The molecular weight excluding hydrogens is 378 g/mol. The Bertz CT molecular complexity index is 1360. The molecule has 0 atom stereocenters. The lowest BCUT2D eigenvalue weighted by Gasteiger charge is -2.20. The Hall–Kier alpha value is -2.68. The number of rotatable bonds is 0. The maximum absolute atomic E-state index is 4.86. The van der Waals surface area contributed by atoms with E-state index in [1.165, 1.54) is 43.7 Å². The average Bonchev–Trinajstić information content (AvgIpc) is 3.15. The Kier molecular flexibility index (Phi) is 3.89. The van der Waals surface area contributed by atoms with E-state index in [-0.39, 0.29) is 16.2 Å². The van der Waals surface area contributed by atoms with E-state index in [2.05, 4.69) is 103 Å². The standard InChI is InChI=1S/C28H33N3/c1-26(2,3)16-10-19-17-12-23(27(4,5)6)29-14-21(17)31-22-15-30-24(28(7,8)9)13-18(22)20(11-16)25(19)31/h10-15H,1-9H3. The number of aromatic nitrogens is 3. The molecule has 0 unspecified atom stereocenters. The van der Waals surface area contributed by atoms with E-state index >= 15 is 0 Å². The first-order valence-corrected chi connectivity index (χ1v) is 11.3. The van der Waals surface area contributed by atoms with Crippen LogP contribution in [-0.4, -0.2) is 14.4 Å². The van der Waals surface area contributed by atoms with Gasteiger partial charge in [-0.1, -0.05) is 62.3 Å². The molecule has 4 heterocycles. The molecule has 5 rings (SSSR count). The molecule has 0 saturated heterocycles. The predicted octanol–water partition coefficient (Wildman–Crippen LogP) is 7.52. The van der Waals surface area contributed by atoms with Crippen molar-refractivity contribution in [1.29, 1.82) is 0 Å². The highest BCUT2D eigenvalue weighted by atomic mass is 14.9. The average molecular weight is 412 g/mol. The highest BCUT2D eigenvalue weighted by Gasteiger charge is 2.25. The quantitative estimate of drug-likeness (QED) is 0.264. The largest absolute Gasteiger partial charge is 0.305 e. The number of hydrogen-bond donors (Lipinski definition) is 0. The second-order valence-electron chi connectivity index (χ2n) is 12.2. The normalized spacial score (nSPS) is 14.0. The zero-order valence-electron chi connectivity index (χ0n) is 20.3. The summed E-state index contributed by atoms with van der Waals surface area (Å²) in [5.74, 6) is 0. The molecule has 31 heavy (non-hydrogen) atoms. The van der Waals surface area contributed by atoms with Gasteiger partial charge in [-0.15, -0.1) is 0 Å². The van der Waals surface area contributed by atoms with Crippen LogP contribution in [0, 0.1) is 0 Å². The Balaban J connectivity index is 2.01. The first kappa shape index (κ1) is 20.2. The van der Waals surface area contributed by atoms with Crippen molar-refractivity contribution in [3.63, 3.8) is 0 Å². The van der Waals surface area contributed by atoms with Gasteiger partial charge in [0, 0.05) is 43.8 Å². The first-order valence-electron chi connectivity index (χ1n) is 11.3. The lowest BCUT2D eigenvalue weighted by molar-refractivity contribution is 0.570. The smallest absolute Gasteiger partial charge is 0.0725 e. The summed E-state index contributed by atoms with van der Waals surface area (Å²) in [5, 5.41) is 5.21. The van der Waals surface area contributed by atoms with Gasteiger partial charge in [0.05, 0.1) is 28.9 Å². The maximum atomic E-state index is 4.86. The van der Waals surface area contributed by atoms with E-state index in [0.717, 1.165) is 11.4 Å². The summed E-state index contributed by atoms with van der Waals surface area (Å²) in [6.45, 7) is 20.3. The van der Waals surface area contributed by atoms with Gasteiger partial charge in [-0.05, 0) is 35.2 Å². The summed E-state index contributed by atoms with van der Waals surface area (Å²) in [4.78, 5) is 9.73. The summed E-state index contributed by atoms with van der Waals surface area (Å²) in [5.41, 5.74) is 7.34. The van der Waals surface area contributed by atoms with Gasteiger partial charge in [-0.25, -0.2) is 0 Å². The fourth-order valence-electron chi connectivity index (χ4n) is 4.59. The summed E-state index contributed by atoms with van der Waals surface area (Å²) in [7, 11) is 0. The van der Waals surface area contributed by atoms with Gasteiger partial charge in [0.2, 0.25) is 0 Å². The van der Waals surface area contributed by atoms with Crippen molar-refractivity contribution in [2.24, 2.45) is 0 Å². The summed E-state index contributed by atoms with van der Waals surface area (Å²) in [6.07, 6.45) is 4.12. The second kappa shape index (κ2) is 5.97. The van der Waals surface area contributed by atoms with Crippen molar-refractivity contribution >= 4 is 38.1 Å². The van der Waals surface area contributed by atoms with Crippen LogP contribution in [0.5, 0.6) is 0 Å². The van der Waals surface area contributed by atoms with Gasteiger partial charge in [0.25, 0.3) is 0 Å². The van der Waals surface area contributed by atoms with E-state index in [4.69, 9.17) is 9.97 Å². The molecule has 160 valence electrons. The van der Waals surface area contributed by atoms with Crippen LogP contribution in [0.25, 0.3) is 38.1 Å². The van der Waals surface area contributed by atoms with E-state index in [0.29, 0.717) is 0 Å². The molecule has 0 aliphatic rings. The van der Waals surface area contributed by atoms with Crippen LogP contribution in [0.2, 0.25) is 0 Å². The molecule has 4 aromatic heterocycles. The fourth-order valence-corrected chi connectivity index (χ4v) is 4.59.